The minimum Gasteiger partial charge on any atom is -0.351 e. The van der Waals surface area contributed by atoms with Gasteiger partial charge in [-0.15, -0.1) is 0 Å². The first-order valence-corrected chi connectivity index (χ1v) is 9.23. The maximum absolute atomic E-state index is 9.24. The highest BCUT2D eigenvalue weighted by atomic mass is 15.3. The summed E-state index contributed by atoms with van der Waals surface area (Å²) in [6, 6.07) is 10.5. The summed E-state index contributed by atoms with van der Waals surface area (Å²) in [4.78, 5) is 11.8. The number of nitrogens with one attached hydrogen (secondary N) is 2. The van der Waals surface area contributed by atoms with E-state index in [2.05, 4.69) is 46.5 Å². The Hall–Kier alpha value is -2.65. The van der Waals surface area contributed by atoms with Gasteiger partial charge in [0.1, 0.15) is 5.82 Å². The van der Waals surface area contributed by atoms with E-state index >= 15 is 0 Å². The molecule has 1 aliphatic heterocycles. The fraction of sp³-hybridized carbons (Fsp3) is 0.450. The van der Waals surface area contributed by atoms with Crippen LogP contribution >= 0.6 is 0 Å². The largest absolute Gasteiger partial charge is 0.351 e. The van der Waals surface area contributed by atoms with Crippen LogP contribution in [0.1, 0.15) is 37.1 Å². The molecule has 2 N–H and O–H groups in total. The van der Waals surface area contributed by atoms with E-state index in [9.17, 15) is 5.26 Å². The second kappa shape index (κ2) is 8.15. The average Bonchev–Trinajstić information content (AvgIpc) is 2.64. The first kappa shape index (κ1) is 18.2. The first-order valence-electron chi connectivity index (χ1n) is 9.23. The molecule has 2 heterocycles. The molecule has 1 saturated heterocycles. The summed E-state index contributed by atoms with van der Waals surface area (Å²) in [6.07, 6.45) is 1.96. The monoisotopic (exact) mass is 350 g/mol. The lowest BCUT2D eigenvalue weighted by Gasteiger charge is -2.35. The number of piperazine rings is 1. The van der Waals surface area contributed by atoms with Crippen LogP contribution in [0, 0.1) is 18.3 Å². The number of anilines is 3. The van der Waals surface area contributed by atoms with Crippen LogP contribution in [0.3, 0.4) is 0 Å². The molecule has 1 atom stereocenters. The molecule has 1 aromatic heterocycles. The quantitative estimate of drug-likeness (QED) is 0.863. The normalized spacial score (nSPS) is 17.0. The highest BCUT2D eigenvalue weighted by molar-refractivity contribution is 5.59. The highest BCUT2D eigenvalue weighted by Gasteiger charge is 2.20. The SMILES string of the molecule is CCCc1cc(N2CCNCC2C)nc(Nc2ccc(C)c(C#N)c2)n1. The van der Waals surface area contributed by atoms with Crippen molar-refractivity contribution in [2.24, 2.45) is 0 Å². The van der Waals surface area contributed by atoms with Gasteiger partial charge in [0.15, 0.2) is 0 Å². The van der Waals surface area contributed by atoms with Crippen molar-refractivity contribution in [1.29, 1.82) is 5.26 Å². The standard InChI is InChI=1S/C20H26N6/c1-4-5-17-11-19(26-9-8-22-13-15(26)3)25-20(23-17)24-18-7-6-14(2)16(10-18)12-21/h6-7,10-11,15,22H,4-5,8-9,13H2,1-3H3,(H,23,24,25). The number of aryl methyl sites for hydroxylation is 2. The van der Waals surface area contributed by atoms with E-state index in [1.54, 1.807) is 0 Å². The molecular weight excluding hydrogens is 324 g/mol. The Bertz CT molecular complexity index is 810. The van der Waals surface area contributed by atoms with Crippen LogP contribution in [0.4, 0.5) is 17.5 Å². The molecule has 6 heteroatoms. The van der Waals surface area contributed by atoms with E-state index in [-0.39, 0.29) is 0 Å². The molecule has 3 rings (SSSR count). The minimum absolute atomic E-state index is 0.394. The number of hydrogen-bond donors (Lipinski definition) is 2. The van der Waals surface area contributed by atoms with E-state index in [1.807, 2.05) is 25.1 Å². The maximum Gasteiger partial charge on any atom is 0.229 e. The van der Waals surface area contributed by atoms with E-state index in [0.717, 1.165) is 55.2 Å². The zero-order valence-electron chi connectivity index (χ0n) is 15.7. The Kier molecular flexibility index (Phi) is 5.69. The molecule has 1 aromatic carbocycles. The molecule has 1 aliphatic rings. The van der Waals surface area contributed by atoms with Crippen molar-refractivity contribution in [3.63, 3.8) is 0 Å². The molecule has 0 radical (unpaired) electrons. The Morgan fingerprint density at radius 2 is 2.19 bits per heavy atom. The van der Waals surface area contributed by atoms with Crippen molar-refractivity contribution >= 4 is 17.5 Å². The molecule has 6 nitrogen and oxygen atoms in total. The summed E-state index contributed by atoms with van der Waals surface area (Å²) in [7, 11) is 0. The third-order valence-corrected chi connectivity index (χ3v) is 4.68. The van der Waals surface area contributed by atoms with Crippen LogP contribution in [0.25, 0.3) is 0 Å². The summed E-state index contributed by atoms with van der Waals surface area (Å²) >= 11 is 0. The van der Waals surface area contributed by atoms with Crippen molar-refractivity contribution in [3.8, 4) is 6.07 Å². The summed E-state index contributed by atoms with van der Waals surface area (Å²) in [5.41, 5.74) is 3.50. The Labute approximate surface area is 155 Å². The third-order valence-electron chi connectivity index (χ3n) is 4.68. The van der Waals surface area contributed by atoms with E-state index in [1.165, 1.54) is 0 Å². The van der Waals surface area contributed by atoms with Gasteiger partial charge in [0, 0.05) is 43.1 Å². The second-order valence-corrected chi connectivity index (χ2v) is 6.80. The molecule has 1 unspecified atom stereocenters. The lowest BCUT2D eigenvalue weighted by Crippen LogP contribution is -2.50. The van der Waals surface area contributed by atoms with Crippen LogP contribution < -0.4 is 15.5 Å². The molecular formula is C20H26N6. The summed E-state index contributed by atoms with van der Waals surface area (Å²) in [6.45, 7) is 9.15. The van der Waals surface area contributed by atoms with Crippen molar-refractivity contribution in [1.82, 2.24) is 15.3 Å². The van der Waals surface area contributed by atoms with Crippen LogP contribution in [-0.2, 0) is 6.42 Å². The van der Waals surface area contributed by atoms with Crippen LogP contribution in [0.5, 0.6) is 0 Å². The number of nitrogens with zero attached hydrogens (tertiary/aromatic N) is 4. The summed E-state index contributed by atoms with van der Waals surface area (Å²) in [5, 5.41) is 15.9. The van der Waals surface area contributed by atoms with Crippen molar-refractivity contribution in [2.45, 2.75) is 39.7 Å². The molecule has 0 amide bonds. The van der Waals surface area contributed by atoms with E-state index < -0.39 is 0 Å². The lowest BCUT2D eigenvalue weighted by atomic mass is 10.1. The highest BCUT2D eigenvalue weighted by Crippen LogP contribution is 2.23. The van der Waals surface area contributed by atoms with Gasteiger partial charge >= 0.3 is 0 Å². The molecule has 26 heavy (non-hydrogen) atoms. The maximum atomic E-state index is 9.24. The van der Waals surface area contributed by atoms with Crippen LogP contribution in [0.15, 0.2) is 24.3 Å². The molecule has 136 valence electrons. The van der Waals surface area contributed by atoms with Gasteiger partial charge in [-0.2, -0.15) is 10.2 Å². The second-order valence-electron chi connectivity index (χ2n) is 6.80. The van der Waals surface area contributed by atoms with Gasteiger partial charge in [-0.1, -0.05) is 19.4 Å². The number of aromatic nitrogens is 2. The van der Waals surface area contributed by atoms with Gasteiger partial charge in [-0.05, 0) is 38.0 Å². The fourth-order valence-electron chi connectivity index (χ4n) is 3.20. The summed E-state index contributed by atoms with van der Waals surface area (Å²) in [5.74, 6) is 1.55. The molecule has 0 bridgehead atoms. The zero-order valence-corrected chi connectivity index (χ0v) is 15.7. The number of rotatable bonds is 5. The predicted molar refractivity (Wildman–Crippen MR) is 105 cm³/mol. The molecule has 2 aromatic rings. The Morgan fingerprint density at radius 3 is 2.92 bits per heavy atom. The van der Waals surface area contributed by atoms with Crippen molar-refractivity contribution < 1.29 is 0 Å². The predicted octanol–water partition coefficient (Wildman–Crippen LogP) is 3.15. The van der Waals surface area contributed by atoms with Gasteiger partial charge in [0.05, 0.1) is 11.6 Å². The molecule has 0 saturated carbocycles. The zero-order chi connectivity index (χ0) is 18.5. The number of hydrogen-bond acceptors (Lipinski definition) is 6. The molecule has 0 aliphatic carbocycles. The molecule has 0 spiro atoms. The van der Waals surface area contributed by atoms with Crippen LogP contribution in [-0.4, -0.2) is 35.6 Å². The van der Waals surface area contributed by atoms with Gasteiger partial charge in [0.2, 0.25) is 5.95 Å². The minimum atomic E-state index is 0.394. The lowest BCUT2D eigenvalue weighted by molar-refractivity contribution is 0.497. The first-order chi connectivity index (χ1) is 12.6. The average molecular weight is 350 g/mol. The molecule has 1 fully saturated rings. The van der Waals surface area contributed by atoms with Gasteiger partial charge < -0.3 is 15.5 Å². The van der Waals surface area contributed by atoms with Gasteiger partial charge in [0.25, 0.3) is 0 Å². The van der Waals surface area contributed by atoms with Crippen molar-refractivity contribution in [3.05, 3.63) is 41.1 Å². The van der Waals surface area contributed by atoms with Crippen LogP contribution in [0.2, 0.25) is 0 Å². The fourth-order valence-corrected chi connectivity index (χ4v) is 3.20. The Morgan fingerprint density at radius 1 is 1.35 bits per heavy atom. The third kappa shape index (κ3) is 4.12. The van der Waals surface area contributed by atoms with E-state index in [4.69, 9.17) is 4.98 Å². The number of benzene rings is 1. The summed E-state index contributed by atoms with van der Waals surface area (Å²) < 4.78 is 0. The topological polar surface area (TPSA) is 76.9 Å². The smallest absolute Gasteiger partial charge is 0.229 e. The van der Waals surface area contributed by atoms with E-state index in [0.29, 0.717) is 17.6 Å². The van der Waals surface area contributed by atoms with Gasteiger partial charge in [-0.3, -0.25) is 0 Å². The Balaban J connectivity index is 1.92. The van der Waals surface area contributed by atoms with Gasteiger partial charge in [-0.25, -0.2) is 4.98 Å². The number of nitriles is 1. The van der Waals surface area contributed by atoms with Crippen molar-refractivity contribution in [2.75, 3.05) is 29.9 Å².